The second kappa shape index (κ2) is 14.5. The zero-order chi connectivity index (χ0) is 29.6. The van der Waals surface area contributed by atoms with E-state index in [-0.39, 0.29) is 53.7 Å². The number of carbonyl (C=O) groups excluding carboxylic acids is 4. The van der Waals surface area contributed by atoms with Crippen molar-refractivity contribution in [1.82, 2.24) is 20.0 Å². The van der Waals surface area contributed by atoms with E-state index in [9.17, 15) is 19.2 Å². The molecule has 1 aliphatic carbocycles. The average molecular weight is 561 g/mol. The Morgan fingerprint density at radius 3 is 2.10 bits per heavy atom. The zero-order valence-corrected chi connectivity index (χ0v) is 25.8. The van der Waals surface area contributed by atoms with E-state index < -0.39 is 12.1 Å². The number of amides is 3. The maximum Gasteiger partial charge on any atom is 0.329 e. The highest BCUT2D eigenvalue weighted by molar-refractivity contribution is 5.96. The summed E-state index contributed by atoms with van der Waals surface area (Å²) in [6.45, 7) is 11.1. The number of hydrogen-bond donors (Lipinski definition) is 1. The Balaban J connectivity index is 1.70. The second-order valence-electron chi connectivity index (χ2n) is 12.8. The van der Waals surface area contributed by atoms with E-state index >= 15 is 0 Å². The molecule has 9 heteroatoms. The third-order valence-corrected chi connectivity index (χ3v) is 8.91. The molecular weight excluding hydrogens is 508 g/mol. The summed E-state index contributed by atoms with van der Waals surface area (Å²) in [5, 5.41) is 3.04. The molecule has 2 heterocycles. The van der Waals surface area contributed by atoms with Crippen LogP contribution in [0.2, 0.25) is 0 Å². The molecule has 4 unspecified atom stereocenters. The van der Waals surface area contributed by atoms with E-state index in [2.05, 4.69) is 10.2 Å². The van der Waals surface area contributed by atoms with Crippen LogP contribution in [0.4, 0.5) is 0 Å². The van der Waals surface area contributed by atoms with Crippen LogP contribution in [0.15, 0.2) is 11.6 Å². The lowest BCUT2D eigenvalue weighted by Gasteiger charge is -2.36. The first kappa shape index (κ1) is 32.1. The minimum atomic E-state index is -0.660. The Hall–Kier alpha value is -2.42. The molecule has 1 N–H and O–H groups in total. The summed E-state index contributed by atoms with van der Waals surface area (Å²) in [6.07, 6.45) is 10.0. The average Bonchev–Trinajstić information content (AvgIpc) is 3.61. The van der Waals surface area contributed by atoms with Crippen molar-refractivity contribution >= 4 is 23.7 Å². The number of piperidine rings is 1. The van der Waals surface area contributed by atoms with Crippen molar-refractivity contribution in [3.63, 3.8) is 0 Å². The topological polar surface area (TPSA) is 99.3 Å². The molecule has 3 aliphatic rings. The molecule has 226 valence electrons. The van der Waals surface area contributed by atoms with Gasteiger partial charge in [-0.25, -0.2) is 4.79 Å². The van der Waals surface area contributed by atoms with Crippen LogP contribution < -0.4 is 5.32 Å². The SMILES string of the molecule is C/C(=C\C(C(C)C)N(C)C(=O)C(NC(=O)C1CCCCN1C)C(C)C)C(=O)N1CCCC1C(=O)OC1CCCC1. The van der Waals surface area contributed by atoms with Gasteiger partial charge in [-0.15, -0.1) is 0 Å². The maximum absolute atomic E-state index is 13.8. The van der Waals surface area contributed by atoms with Crippen LogP contribution in [0.5, 0.6) is 0 Å². The highest BCUT2D eigenvalue weighted by Crippen LogP contribution is 2.26. The number of nitrogens with zero attached hydrogens (tertiary/aromatic N) is 3. The number of ether oxygens (including phenoxy) is 1. The first-order valence-electron chi connectivity index (χ1n) is 15.4. The summed E-state index contributed by atoms with van der Waals surface area (Å²) in [5.41, 5.74) is 0.507. The predicted octanol–water partition coefficient (Wildman–Crippen LogP) is 3.52. The van der Waals surface area contributed by atoms with E-state index in [1.54, 1.807) is 23.8 Å². The second-order valence-corrected chi connectivity index (χ2v) is 12.8. The van der Waals surface area contributed by atoms with E-state index in [1.165, 1.54) is 0 Å². The number of hydrogen-bond acceptors (Lipinski definition) is 6. The zero-order valence-electron chi connectivity index (χ0n) is 25.8. The minimum Gasteiger partial charge on any atom is -0.461 e. The molecular formula is C31H52N4O5. The van der Waals surface area contributed by atoms with Gasteiger partial charge in [0.1, 0.15) is 18.2 Å². The van der Waals surface area contributed by atoms with Crippen LogP contribution in [0.25, 0.3) is 0 Å². The molecule has 0 bridgehead atoms. The summed E-state index contributed by atoms with van der Waals surface area (Å²) in [5.74, 6) is -0.815. The molecule has 3 fully saturated rings. The van der Waals surface area contributed by atoms with Crippen LogP contribution in [0.1, 0.15) is 92.4 Å². The van der Waals surface area contributed by atoms with Crippen molar-refractivity contribution < 1.29 is 23.9 Å². The predicted molar refractivity (Wildman–Crippen MR) is 155 cm³/mol. The molecule has 0 spiro atoms. The van der Waals surface area contributed by atoms with E-state index in [1.807, 2.05) is 40.8 Å². The van der Waals surface area contributed by atoms with Gasteiger partial charge < -0.3 is 19.9 Å². The van der Waals surface area contributed by atoms with Gasteiger partial charge in [0, 0.05) is 19.2 Å². The fourth-order valence-corrected chi connectivity index (χ4v) is 6.34. The third kappa shape index (κ3) is 7.86. The highest BCUT2D eigenvalue weighted by atomic mass is 16.5. The fraction of sp³-hybridized carbons (Fsp3) is 0.806. The molecule has 0 radical (unpaired) electrons. The Bertz CT molecular complexity index is 942. The minimum absolute atomic E-state index is 0.0282. The van der Waals surface area contributed by atoms with Crippen LogP contribution in [-0.2, 0) is 23.9 Å². The number of esters is 1. The first-order chi connectivity index (χ1) is 18.9. The van der Waals surface area contributed by atoms with E-state index in [0.29, 0.717) is 18.5 Å². The van der Waals surface area contributed by atoms with Crippen molar-refractivity contribution in [3.05, 3.63) is 11.6 Å². The molecule has 9 nitrogen and oxygen atoms in total. The van der Waals surface area contributed by atoms with Crippen molar-refractivity contribution in [1.29, 1.82) is 0 Å². The van der Waals surface area contributed by atoms with Gasteiger partial charge in [-0.05, 0) is 83.7 Å². The Labute approximate surface area is 241 Å². The van der Waals surface area contributed by atoms with Gasteiger partial charge in [0.15, 0.2) is 0 Å². The van der Waals surface area contributed by atoms with Crippen LogP contribution in [-0.4, -0.2) is 95.8 Å². The van der Waals surface area contributed by atoms with Crippen molar-refractivity contribution in [2.75, 3.05) is 27.2 Å². The lowest BCUT2D eigenvalue weighted by molar-refractivity contribution is -0.157. The normalized spacial score (nSPS) is 24.3. The lowest BCUT2D eigenvalue weighted by Crippen LogP contribution is -2.57. The van der Waals surface area contributed by atoms with Gasteiger partial charge >= 0.3 is 5.97 Å². The van der Waals surface area contributed by atoms with Crippen LogP contribution >= 0.6 is 0 Å². The Morgan fingerprint density at radius 2 is 1.50 bits per heavy atom. The quantitative estimate of drug-likeness (QED) is 0.324. The van der Waals surface area contributed by atoms with Crippen LogP contribution in [0, 0.1) is 11.8 Å². The van der Waals surface area contributed by atoms with E-state index in [4.69, 9.17) is 4.74 Å². The maximum atomic E-state index is 13.8. The van der Waals surface area contributed by atoms with Gasteiger partial charge in [-0.3, -0.25) is 19.3 Å². The molecule has 3 amide bonds. The van der Waals surface area contributed by atoms with Crippen molar-refractivity contribution in [3.8, 4) is 0 Å². The number of likely N-dealkylation sites (N-methyl/N-ethyl adjacent to an activating group) is 2. The number of likely N-dealkylation sites (tertiary alicyclic amines) is 2. The van der Waals surface area contributed by atoms with E-state index in [0.717, 1.165) is 57.9 Å². The first-order valence-corrected chi connectivity index (χ1v) is 15.4. The Kier molecular flexibility index (Phi) is 11.6. The monoisotopic (exact) mass is 560 g/mol. The van der Waals surface area contributed by atoms with Crippen molar-refractivity contribution in [2.45, 2.75) is 123 Å². The molecule has 0 aromatic heterocycles. The number of rotatable bonds is 10. The standard InChI is InChI=1S/C31H52N4O5/c1-20(2)26(34(7)30(38)27(21(3)4)32-28(36)24-15-10-11-17-33(24)6)19-22(5)29(37)35-18-12-16-25(35)31(39)40-23-13-8-9-14-23/h19-21,23-27H,8-18H2,1-7H3,(H,32,36)/b22-19+. The van der Waals surface area contributed by atoms with Gasteiger partial charge in [-0.1, -0.05) is 40.2 Å². The molecule has 0 aromatic rings. The summed E-state index contributed by atoms with van der Waals surface area (Å²) < 4.78 is 5.73. The van der Waals surface area contributed by atoms with Crippen LogP contribution in [0.3, 0.4) is 0 Å². The third-order valence-electron chi connectivity index (χ3n) is 8.91. The summed E-state index contributed by atoms with van der Waals surface area (Å²) in [6, 6.07) is -1.78. The fourth-order valence-electron chi connectivity index (χ4n) is 6.34. The Morgan fingerprint density at radius 1 is 0.875 bits per heavy atom. The molecule has 3 rings (SSSR count). The number of nitrogens with one attached hydrogen (secondary N) is 1. The molecule has 2 aliphatic heterocycles. The van der Waals surface area contributed by atoms with Gasteiger partial charge in [-0.2, -0.15) is 0 Å². The summed E-state index contributed by atoms with van der Waals surface area (Å²) in [4.78, 5) is 58.7. The highest BCUT2D eigenvalue weighted by Gasteiger charge is 2.38. The van der Waals surface area contributed by atoms with Gasteiger partial charge in [0.2, 0.25) is 17.7 Å². The summed E-state index contributed by atoms with van der Waals surface area (Å²) >= 11 is 0. The van der Waals surface area contributed by atoms with Crippen molar-refractivity contribution in [2.24, 2.45) is 11.8 Å². The molecule has 2 saturated heterocycles. The largest absolute Gasteiger partial charge is 0.461 e. The lowest BCUT2D eigenvalue weighted by atomic mass is 9.96. The molecule has 40 heavy (non-hydrogen) atoms. The molecule has 0 aromatic carbocycles. The molecule has 4 atom stereocenters. The molecule has 1 saturated carbocycles. The summed E-state index contributed by atoms with van der Waals surface area (Å²) in [7, 11) is 3.70. The smallest absolute Gasteiger partial charge is 0.329 e. The van der Waals surface area contributed by atoms with Gasteiger partial charge in [0.25, 0.3) is 0 Å². The van der Waals surface area contributed by atoms with Gasteiger partial charge in [0.05, 0.1) is 12.1 Å². The number of carbonyl (C=O) groups is 4.